The van der Waals surface area contributed by atoms with Crippen LogP contribution in [0.4, 0.5) is 0 Å². The summed E-state index contributed by atoms with van der Waals surface area (Å²) >= 11 is 0. The molecule has 3 aliphatic carbocycles. The summed E-state index contributed by atoms with van der Waals surface area (Å²) in [6.07, 6.45) is -10.2. The molecule has 2 bridgehead atoms. The molecule has 3 N–H and O–H groups in total. The zero-order valence-corrected chi connectivity index (χ0v) is 37.8. The molecule has 1 saturated heterocycles. The lowest BCUT2D eigenvalue weighted by atomic mass is 9.42. The Hall–Kier alpha value is -5.74. The summed E-state index contributed by atoms with van der Waals surface area (Å²) in [5.74, 6) is -6.14. The van der Waals surface area contributed by atoms with E-state index >= 15 is 4.79 Å². The summed E-state index contributed by atoms with van der Waals surface area (Å²) in [4.78, 5) is 85.0. The number of fused-ring (bicyclic) bond motifs is 5. The monoisotopic (exact) mass is 895 g/mol. The van der Waals surface area contributed by atoms with Crippen LogP contribution >= 0.6 is 0 Å². The molecule has 2 unspecified atom stereocenters. The third kappa shape index (κ3) is 8.17. The molecule has 4 aliphatic rings. The van der Waals surface area contributed by atoms with Crippen LogP contribution in [-0.2, 0) is 47.6 Å². The highest BCUT2D eigenvalue weighted by Crippen LogP contribution is 2.66. The van der Waals surface area contributed by atoms with Crippen LogP contribution in [0.2, 0.25) is 0 Å². The number of hydrogen-bond acceptors (Lipinski definition) is 14. The fraction of sp³-hybridized carbons (Fsp3) is 0.480. The number of Topliss-reactive ketones (excluding diaryl/α,β-unsaturated/α-hetero) is 1. The number of benzene rings is 3. The van der Waals surface area contributed by atoms with Crippen LogP contribution in [-0.4, -0.2) is 108 Å². The molecule has 346 valence electrons. The lowest BCUT2D eigenvalue weighted by Crippen LogP contribution is -2.78. The summed E-state index contributed by atoms with van der Waals surface area (Å²) in [5, 5.41) is 28.5. The van der Waals surface area contributed by atoms with Gasteiger partial charge in [0, 0.05) is 49.2 Å². The lowest BCUT2D eigenvalue weighted by molar-refractivity contribution is -0.315. The number of nitrogens with one attached hydrogen (secondary N) is 1. The Labute approximate surface area is 377 Å². The standard InChI is InChI=1S/C50H57NO14/c1-27-33(63-46(58)38(53)37(30-18-12-9-13-19-30)51-43(55)31-20-14-10-15-21-31)25-50(59)42(65-45(57)32-22-16-11-17-23-32)40-48(6)26-61-34(48)24-35(64-44(56)28(2)60-8)49(40,7)41(54)39(62-29(3)52)36(27)47(50,4)5/h9-23,28,33-35,37-40,42,53,59H,24-26H2,1-8H3,(H,51,55)/t28?,33?,34-,35+,37+,38-,39-,40-,42+,48-,49-,50-/m1/s1. The quantitative estimate of drug-likeness (QED) is 0.124. The van der Waals surface area contributed by atoms with Crippen molar-refractivity contribution in [3.8, 4) is 0 Å². The lowest BCUT2D eigenvalue weighted by Gasteiger charge is -2.68. The summed E-state index contributed by atoms with van der Waals surface area (Å²) < 4.78 is 36.3. The largest absolute Gasteiger partial charge is 0.459 e. The van der Waals surface area contributed by atoms with Crippen LogP contribution in [0.15, 0.2) is 102 Å². The first kappa shape index (κ1) is 47.2. The third-order valence-electron chi connectivity index (χ3n) is 14.5. The Balaban J connectivity index is 1.39. The number of ketones is 1. The molecule has 15 nitrogen and oxygen atoms in total. The summed E-state index contributed by atoms with van der Waals surface area (Å²) in [6, 6.07) is 23.4. The van der Waals surface area contributed by atoms with E-state index in [2.05, 4.69) is 5.32 Å². The van der Waals surface area contributed by atoms with Gasteiger partial charge < -0.3 is 44.0 Å². The predicted octanol–water partition coefficient (Wildman–Crippen LogP) is 5.03. The van der Waals surface area contributed by atoms with Crippen molar-refractivity contribution in [3.05, 3.63) is 119 Å². The van der Waals surface area contributed by atoms with Gasteiger partial charge in [-0.1, -0.05) is 87.5 Å². The topological polar surface area (TPSA) is 210 Å². The van der Waals surface area contributed by atoms with E-state index in [-0.39, 0.29) is 35.3 Å². The maximum absolute atomic E-state index is 15.9. The molecular weight excluding hydrogens is 839 g/mol. The number of esters is 4. The van der Waals surface area contributed by atoms with Crippen molar-refractivity contribution in [2.45, 2.75) is 116 Å². The zero-order valence-electron chi connectivity index (χ0n) is 37.8. The molecule has 15 heteroatoms. The van der Waals surface area contributed by atoms with Gasteiger partial charge in [-0.3, -0.25) is 14.4 Å². The van der Waals surface area contributed by atoms with Crippen molar-refractivity contribution in [2.75, 3.05) is 13.7 Å². The van der Waals surface area contributed by atoms with Crippen LogP contribution in [0.25, 0.3) is 0 Å². The van der Waals surface area contributed by atoms with Crippen molar-refractivity contribution in [3.63, 3.8) is 0 Å². The number of carbonyl (C=O) groups is 6. The molecule has 12 atom stereocenters. The van der Waals surface area contributed by atoms with Crippen LogP contribution < -0.4 is 5.32 Å². The van der Waals surface area contributed by atoms with Gasteiger partial charge >= 0.3 is 23.9 Å². The molecule has 65 heavy (non-hydrogen) atoms. The van der Waals surface area contributed by atoms with Gasteiger partial charge in [0.2, 0.25) is 0 Å². The summed E-state index contributed by atoms with van der Waals surface area (Å²) in [5.41, 5.74) is -5.64. The van der Waals surface area contributed by atoms with Crippen LogP contribution in [0.5, 0.6) is 0 Å². The van der Waals surface area contributed by atoms with E-state index in [1.165, 1.54) is 26.2 Å². The van der Waals surface area contributed by atoms with Gasteiger partial charge in [-0.2, -0.15) is 0 Å². The maximum Gasteiger partial charge on any atom is 0.338 e. The number of rotatable bonds is 12. The van der Waals surface area contributed by atoms with Crippen LogP contribution in [0, 0.1) is 22.2 Å². The highest BCUT2D eigenvalue weighted by atomic mass is 16.6. The van der Waals surface area contributed by atoms with Gasteiger partial charge in [0.15, 0.2) is 24.1 Å². The minimum atomic E-state index is -2.26. The first-order valence-electron chi connectivity index (χ1n) is 21.8. The second-order valence-electron chi connectivity index (χ2n) is 18.6. The number of carbonyl (C=O) groups excluding carboxylic acids is 6. The van der Waals surface area contributed by atoms with Gasteiger partial charge in [0.1, 0.15) is 23.9 Å². The number of aliphatic hydroxyl groups is 2. The highest BCUT2D eigenvalue weighted by Gasteiger charge is 2.76. The first-order valence-corrected chi connectivity index (χ1v) is 21.8. The Kier molecular flexibility index (Phi) is 13.0. The van der Waals surface area contributed by atoms with Crippen molar-refractivity contribution in [2.24, 2.45) is 22.2 Å². The second kappa shape index (κ2) is 17.9. The first-order chi connectivity index (χ1) is 30.7. The summed E-state index contributed by atoms with van der Waals surface area (Å²) in [7, 11) is 1.33. The van der Waals surface area contributed by atoms with Crippen molar-refractivity contribution >= 4 is 35.6 Å². The summed E-state index contributed by atoms with van der Waals surface area (Å²) in [6.45, 7) is 10.9. The van der Waals surface area contributed by atoms with Crippen molar-refractivity contribution < 1.29 is 67.4 Å². The highest BCUT2D eigenvalue weighted by molar-refractivity contribution is 5.96. The smallest absolute Gasteiger partial charge is 0.338 e. The van der Waals surface area contributed by atoms with Crippen LogP contribution in [0.1, 0.15) is 93.6 Å². The minimum absolute atomic E-state index is 0.0327. The molecule has 1 heterocycles. The number of hydrogen-bond donors (Lipinski definition) is 3. The molecule has 0 radical (unpaired) electrons. The normalized spacial score (nSPS) is 31.4. The van der Waals surface area contributed by atoms with Gasteiger partial charge in [0.05, 0.1) is 29.7 Å². The maximum atomic E-state index is 15.9. The molecule has 2 saturated carbocycles. The van der Waals surface area contributed by atoms with E-state index in [9.17, 15) is 34.2 Å². The Morgan fingerprint density at radius 3 is 1.95 bits per heavy atom. The Morgan fingerprint density at radius 2 is 1.40 bits per heavy atom. The number of aliphatic hydroxyl groups excluding tert-OH is 1. The molecule has 3 fully saturated rings. The average Bonchev–Trinajstić information content (AvgIpc) is 3.29. The molecule has 3 aromatic carbocycles. The second-order valence-corrected chi connectivity index (χ2v) is 18.6. The predicted molar refractivity (Wildman–Crippen MR) is 232 cm³/mol. The Bertz CT molecular complexity index is 2350. The molecule has 1 aliphatic heterocycles. The average molecular weight is 896 g/mol. The fourth-order valence-corrected chi connectivity index (χ4v) is 10.7. The van der Waals surface area contributed by atoms with Gasteiger partial charge in [-0.15, -0.1) is 0 Å². The van der Waals surface area contributed by atoms with Gasteiger partial charge in [0.25, 0.3) is 5.91 Å². The molecule has 7 rings (SSSR count). The van der Waals surface area contributed by atoms with Crippen molar-refractivity contribution in [1.29, 1.82) is 0 Å². The van der Waals surface area contributed by atoms with Crippen LogP contribution in [0.3, 0.4) is 0 Å². The number of amides is 1. The minimum Gasteiger partial charge on any atom is -0.459 e. The fourth-order valence-electron chi connectivity index (χ4n) is 10.7. The van der Waals surface area contributed by atoms with E-state index in [4.69, 9.17) is 28.4 Å². The van der Waals surface area contributed by atoms with E-state index in [1.807, 2.05) is 6.92 Å². The van der Waals surface area contributed by atoms with Gasteiger partial charge in [-0.05, 0) is 61.7 Å². The van der Waals surface area contributed by atoms with E-state index < -0.39 is 119 Å². The molecule has 1 amide bonds. The number of ether oxygens (including phenoxy) is 6. The van der Waals surface area contributed by atoms with E-state index in [0.29, 0.717) is 5.56 Å². The SMILES string of the molecule is COC(C)C(=O)O[C@H]1C[C@H]2OC[C@@]2(C)[C@H]2[C@H](OC(=O)c3ccccc3)[C@]3(O)CC(OC(=O)[C@H](O)[C@@H](NC(=O)c4ccccc4)c4ccccc4)C(C)=C([C@@H](OC(C)=O)C(=O)[C@]12C)C3(C)C. The van der Waals surface area contributed by atoms with E-state index in [0.717, 1.165) is 6.92 Å². The third-order valence-corrected chi connectivity index (χ3v) is 14.5. The number of methoxy groups -OCH3 is 1. The van der Waals surface area contributed by atoms with E-state index in [1.54, 1.807) is 107 Å². The van der Waals surface area contributed by atoms with Gasteiger partial charge in [-0.25, -0.2) is 14.4 Å². The molecule has 3 aromatic rings. The van der Waals surface area contributed by atoms with Crippen molar-refractivity contribution in [1.82, 2.24) is 5.32 Å². The molecule has 0 aromatic heterocycles. The molecule has 0 spiro atoms. The Morgan fingerprint density at radius 1 is 0.815 bits per heavy atom. The molecular formula is C50H57NO14. The zero-order chi connectivity index (χ0) is 47.2.